The summed E-state index contributed by atoms with van der Waals surface area (Å²) in [5, 5.41) is 4.39. The van der Waals surface area contributed by atoms with E-state index in [9.17, 15) is 31.2 Å². The predicted molar refractivity (Wildman–Crippen MR) is 92.6 cm³/mol. The highest BCUT2D eigenvalue weighted by Gasteiger charge is 2.29. The van der Waals surface area contributed by atoms with Crippen LogP contribution in [0.15, 0.2) is 24.3 Å². The first kappa shape index (κ1) is 21.2. The van der Waals surface area contributed by atoms with Gasteiger partial charge in [-0.1, -0.05) is 6.07 Å². The fraction of sp³-hybridized carbons (Fsp3) is 0.500. The number of amides is 2. The zero-order valence-corrected chi connectivity index (χ0v) is 15.4. The molecule has 1 heterocycles. The number of anilines is 1. The minimum absolute atomic E-state index is 0.0102. The molecule has 1 aliphatic rings. The molecule has 0 spiro atoms. The average Bonchev–Trinajstić information content (AvgIpc) is 2.58. The second-order valence-electron chi connectivity index (χ2n) is 6.30. The van der Waals surface area contributed by atoms with Gasteiger partial charge in [0.1, 0.15) is 6.54 Å². The fourth-order valence-electron chi connectivity index (χ4n) is 2.71. The number of benzene rings is 1. The van der Waals surface area contributed by atoms with E-state index in [2.05, 4.69) is 5.32 Å². The van der Waals surface area contributed by atoms with Crippen molar-refractivity contribution in [2.45, 2.75) is 19.0 Å². The van der Waals surface area contributed by atoms with Gasteiger partial charge < -0.3 is 10.6 Å². The molecule has 1 aromatic carbocycles. The molecule has 1 fully saturated rings. The van der Waals surface area contributed by atoms with E-state index in [-0.39, 0.29) is 36.2 Å². The lowest BCUT2D eigenvalue weighted by Gasteiger charge is -2.29. The normalized spacial score (nSPS) is 16.7. The Bertz CT molecular complexity index is 803. The van der Waals surface area contributed by atoms with Crippen LogP contribution in [0.4, 0.5) is 18.9 Å². The van der Waals surface area contributed by atoms with Gasteiger partial charge >= 0.3 is 6.18 Å². The van der Waals surface area contributed by atoms with Crippen molar-refractivity contribution >= 4 is 27.5 Å². The SMILES string of the molecule is CS(=O)(=O)N1CCC(C(=O)Nc2cccc(C(=O)NCC(F)(F)F)c2)CC1. The minimum atomic E-state index is -4.51. The van der Waals surface area contributed by atoms with Crippen molar-refractivity contribution in [1.82, 2.24) is 9.62 Å². The summed E-state index contributed by atoms with van der Waals surface area (Å²) in [6.45, 7) is -0.949. The van der Waals surface area contributed by atoms with Gasteiger partial charge in [-0.15, -0.1) is 0 Å². The zero-order valence-electron chi connectivity index (χ0n) is 14.5. The van der Waals surface area contributed by atoms with E-state index >= 15 is 0 Å². The number of hydrogen-bond acceptors (Lipinski definition) is 4. The molecule has 0 unspecified atom stereocenters. The third kappa shape index (κ3) is 6.51. The molecule has 27 heavy (non-hydrogen) atoms. The van der Waals surface area contributed by atoms with Gasteiger partial charge in [-0.05, 0) is 31.0 Å². The second-order valence-corrected chi connectivity index (χ2v) is 8.29. The number of hydrogen-bond donors (Lipinski definition) is 2. The zero-order chi connectivity index (χ0) is 20.2. The summed E-state index contributed by atoms with van der Waals surface area (Å²) in [7, 11) is -3.29. The molecular formula is C16H20F3N3O4S. The summed E-state index contributed by atoms with van der Waals surface area (Å²) >= 11 is 0. The number of piperidine rings is 1. The van der Waals surface area contributed by atoms with E-state index in [1.807, 2.05) is 0 Å². The van der Waals surface area contributed by atoms with Gasteiger partial charge in [-0.3, -0.25) is 9.59 Å². The lowest BCUT2D eigenvalue weighted by Crippen LogP contribution is -2.40. The molecule has 1 saturated heterocycles. The molecule has 0 aromatic heterocycles. The van der Waals surface area contributed by atoms with Gasteiger partial charge in [0.05, 0.1) is 6.26 Å². The van der Waals surface area contributed by atoms with Crippen molar-refractivity contribution in [2.24, 2.45) is 5.92 Å². The van der Waals surface area contributed by atoms with E-state index in [0.717, 1.165) is 6.26 Å². The quantitative estimate of drug-likeness (QED) is 0.775. The Morgan fingerprint density at radius 3 is 2.41 bits per heavy atom. The first-order chi connectivity index (χ1) is 12.5. The van der Waals surface area contributed by atoms with Gasteiger partial charge in [0.2, 0.25) is 15.9 Å². The molecule has 11 heteroatoms. The monoisotopic (exact) mass is 407 g/mol. The highest BCUT2D eigenvalue weighted by atomic mass is 32.2. The van der Waals surface area contributed by atoms with Crippen molar-refractivity contribution < 1.29 is 31.2 Å². The topological polar surface area (TPSA) is 95.6 Å². The Hall–Kier alpha value is -2.14. The number of sulfonamides is 1. The third-order valence-electron chi connectivity index (χ3n) is 4.14. The van der Waals surface area contributed by atoms with Crippen molar-refractivity contribution in [1.29, 1.82) is 0 Å². The predicted octanol–water partition coefficient (Wildman–Crippen LogP) is 1.59. The maximum Gasteiger partial charge on any atom is 0.405 e. The van der Waals surface area contributed by atoms with Crippen molar-refractivity contribution in [3.8, 4) is 0 Å². The summed E-state index contributed by atoms with van der Waals surface area (Å²) in [5.41, 5.74) is 0.272. The summed E-state index contributed by atoms with van der Waals surface area (Å²) in [4.78, 5) is 24.1. The first-order valence-electron chi connectivity index (χ1n) is 8.17. The maximum absolute atomic E-state index is 12.3. The summed E-state index contributed by atoms with van der Waals surface area (Å²) in [5.74, 6) is -1.61. The van der Waals surface area contributed by atoms with Gasteiger partial charge in [0.25, 0.3) is 5.91 Å². The van der Waals surface area contributed by atoms with Crippen molar-refractivity contribution in [3.05, 3.63) is 29.8 Å². The lowest BCUT2D eigenvalue weighted by atomic mass is 9.97. The van der Waals surface area contributed by atoms with E-state index < -0.39 is 28.7 Å². The lowest BCUT2D eigenvalue weighted by molar-refractivity contribution is -0.123. The Labute approximate surface area is 155 Å². The van der Waals surface area contributed by atoms with Crippen LogP contribution in [0.5, 0.6) is 0 Å². The largest absolute Gasteiger partial charge is 0.405 e. The molecule has 0 aliphatic carbocycles. The Kier molecular flexibility index (Phi) is 6.47. The van der Waals surface area contributed by atoms with Gasteiger partial charge in [-0.25, -0.2) is 12.7 Å². The van der Waals surface area contributed by atoms with E-state index in [1.165, 1.54) is 28.6 Å². The van der Waals surface area contributed by atoms with Crippen molar-refractivity contribution in [3.63, 3.8) is 0 Å². The maximum atomic E-state index is 12.3. The van der Waals surface area contributed by atoms with Crippen LogP contribution < -0.4 is 10.6 Å². The highest BCUT2D eigenvalue weighted by molar-refractivity contribution is 7.88. The molecule has 0 atom stereocenters. The van der Waals surface area contributed by atoms with Crippen LogP contribution in [0.3, 0.4) is 0 Å². The van der Waals surface area contributed by atoms with Crippen LogP contribution in [0, 0.1) is 5.92 Å². The molecule has 0 radical (unpaired) electrons. The number of carbonyl (C=O) groups excluding carboxylic acids is 2. The second kappa shape index (κ2) is 8.26. The number of halogens is 3. The Balaban J connectivity index is 1.94. The fourth-order valence-corrected chi connectivity index (χ4v) is 3.59. The highest BCUT2D eigenvalue weighted by Crippen LogP contribution is 2.21. The molecular weight excluding hydrogens is 387 g/mol. The van der Waals surface area contributed by atoms with Crippen LogP contribution in [0.25, 0.3) is 0 Å². The molecule has 1 aliphatic heterocycles. The standard InChI is InChI=1S/C16H20F3N3O4S/c1-27(25,26)22-7-5-11(6-8-22)15(24)21-13-4-2-3-12(9-13)14(23)20-10-16(17,18)19/h2-4,9,11H,5-8,10H2,1H3,(H,20,23)(H,21,24). The number of rotatable bonds is 5. The van der Waals surface area contributed by atoms with Crippen LogP contribution in [-0.2, 0) is 14.8 Å². The van der Waals surface area contributed by atoms with Crippen LogP contribution >= 0.6 is 0 Å². The number of alkyl halides is 3. The average molecular weight is 407 g/mol. The van der Waals surface area contributed by atoms with Crippen LogP contribution in [0.2, 0.25) is 0 Å². The van der Waals surface area contributed by atoms with E-state index in [0.29, 0.717) is 12.8 Å². The van der Waals surface area contributed by atoms with Gasteiger partial charge in [-0.2, -0.15) is 13.2 Å². The van der Waals surface area contributed by atoms with E-state index in [1.54, 1.807) is 5.32 Å². The Morgan fingerprint density at radius 2 is 1.85 bits per heavy atom. The summed E-state index contributed by atoms with van der Waals surface area (Å²) in [6.07, 6.45) is -2.67. The molecule has 1 aromatic rings. The molecule has 2 amide bonds. The third-order valence-corrected chi connectivity index (χ3v) is 5.44. The molecule has 150 valence electrons. The summed E-state index contributed by atoms with van der Waals surface area (Å²) < 4.78 is 60.8. The molecule has 0 saturated carbocycles. The molecule has 7 nitrogen and oxygen atoms in total. The minimum Gasteiger partial charge on any atom is -0.343 e. The molecule has 2 rings (SSSR count). The number of nitrogens with one attached hydrogen (secondary N) is 2. The van der Waals surface area contributed by atoms with E-state index in [4.69, 9.17) is 0 Å². The number of nitrogens with zero attached hydrogens (tertiary/aromatic N) is 1. The van der Waals surface area contributed by atoms with Gasteiger partial charge in [0.15, 0.2) is 0 Å². The van der Waals surface area contributed by atoms with Crippen molar-refractivity contribution in [2.75, 3.05) is 31.2 Å². The Morgan fingerprint density at radius 1 is 1.22 bits per heavy atom. The molecule has 0 bridgehead atoms. The first-order valence-corrected chi connectivity index (χ1v) is 10.0. The van der Waals surface area contributed by atoms with Crippen LogP contribution in [0.1, 0.15) is 23.2 Å². The number of carbonyl (C=O) groups is 2. The summed E-state index contributed by atoms with van der Waals surface area (Å²) in [6, 6.07) is 5.59. The molecule has 2 N–H and O–H groups in total. The van der Waals surface area contributed by atoms with Gasteiger partial charge in [0, 0.05) is 30.3 Å². The smallest absolute Gasteiger partial charge is 0.343 e. The van der Waals surface area contributed by atoms with Crippen LogP contribution in [-0.4, -0.2) is 56.6 Å².